The molecule has 1 amide bonds. The van der Waals surface area contributed by atoms with Gasteiger partial charge in [0.2, 0.25) is 0 Å². The van der Waals surface area contributed by atoms with Crippen molar-refractivity contribution in [1.82, 2.24) is 5.32 Å². The number of hydrogen-bond acceptors (Lipinski definition) is 4. The number of carbonyl (C=O) groups excluding carboxylic acids is 2. The Morgan fingerprint density at radius 1 is 1.31 bits per heavy atom. The molecule has 1 aromatic carbocycles. The van der Waals surface area contributed by atoms with Crippen LogP contribution in [0.2, 0.25) is 0 Å². The summed E-state index contributed by atoms with van der Waals surface area (Å²) in [4.78, 5) is 23.8. The number of rotatable bonds is 7. The minimum absolute atomic E-state index is 0.290. The molecular weight excluding hydrogens is 328 g/mol. The molecule has 26 heavy (non-hydrogen) atoms. The van der Waals surface area contributed by atoms with Crippen LogP contribution in [0.4, 0.5) is 0 Å². The van der Waals surface area contributed by atoms with Crippen LogP contribution in [-0.4, -0.2) is 24.5 Å². The topological polar surface area (TPSA) is 79.2 Å². The zero-order valence-corrected chi connectivity index (χ0v) is 15.0. The molecule has 1 atom stereocenters. The quantitative estimate of drug-likeness (QED) is 0.463. The van der Waals surface area contributed by atoms with E-state index in [1.54, 1.807) is 37.3 Å². The highest BCUT2D eigenvalue weighted by Crippen LogP contribution is 2.19. The van der Waals surface area contributed by atoms with E-state index in [0.29, 0.717) is 12.1 Å². The number of amides is 1. The third-order valence-corrected chi connectivity index (χ3v) is 4.24. The minimum Gasteiger partial charge on any atom is -0.449 e. The van der Waals surface area contributed by atoms with Crippen molar-refractivity contribution in [3.05, 3.63) is 53.1 Å². The summed E-state index contributed by atoms with van der Waals surface area (Å²) in [5.74, 6) is -0.867. The highest BCUT2D eigenvalue weighted by molar-refractivity contribution is 5.90. The fourth-order valence-corrected chi connectivity index (χ4v) is 2.72. The third-order valence-electron chi connectivity index (χ3n) is 4.24. The molecule has 5 nitrogen and oxygen atoms in total. The van der Waals surface area contributed by atoms with Crippen LogP contribution in [0.1, 0.15) is 50.2 Å². The number of esters is 1. The van der Waals surface area contributed by atoms with Gasteiger partial charge in [-0.25, -0.2) is 4.79 Å². The summed E-state index contributed by atoms with van der Waals surface area (Å²) in [7, 11) is 0. The maximum absolute atomic E-state index is 12.0. The standard InChI is InChI=1S/C21H24N2O3/c1-16(21(25)23-14-13-17-5-3-2-4-6-17)26-20(24)12-11-18-7-9-19(15-22)10-8-18/h5,7-12,16H,2-4,6,13-14H2,1H3,(H,23,25)/b12-11+/t16-/m1/s1. The number of nitriles is 1. The molecule has 2 rings (SSSR count). The second-order valence-electron chi connectivity index (χ2n) is 6.30. The van der Waals surface area contributed by atoms with Gasteiger partial charge in [0, 0.05) is 12.6 Å². The summed E-state index contributed by atoms with van der Waals surface area (Å²) < 4.78 is 5.12. The number of allylic oxidation sites excluding steroid dienone is 1. The number of nitrogens with one attached hydrogen (secondary N) is 1. The van der Waals surface area contributed by atoms with E-state index in [2.05, 4.69) is 11.4 Å². The Labute approximate surface area is 154 Å². The van der Waals surface area contributed by atoms with Crippen LogP contribution in [0.5, 0.6) is 0 Å². The molecule has 0 saturated carbocycles. The van der Waals surface area contributed by atoms with Crippen molar-refractivity contribution in [2.24, 2.45) is 0 Å². The summed E-state index contributed by atoms with van der Waals surface area (Å²) >= 11 is 0. The lowest BCUT2D eigenvalue weighted by Gasteiger charge is -2.15. The number of nitrogens with zero attached hydrogens (tertiary/aromatic N) is 1. The molecule has 136 valence electrons. The number of carbonyl (C=O) groups is 2. The van der Waals surface area contributed by atoms with E-state index in [-0.39, 0.29) is 5.91 Å². The summed E-state index contributed by atoms with van der Waals surface area (Å²) in [6.07, 6.45) is 9.84. The first-order valence-electron chi connectivity index (χ1n) is 8.93. The predicted molar refractivity (Wildman–Crippen MR) is 99.9 cm³/mol. The van der Waals surface area contributed by atoms with E-state index in [4.69, 9.17) is 10.00 Å². The zero-order chi connectivity index (χ0) is 18.8. The Morgan fingerprint density at radius 3 is 2.73 bits per heavy atom. The third kappa shape index (κ3) is 6.56. The largest absolute Gasteiger partial charge is 0.449 e. The van der Waals surface area contributed by atoms with Crippen molar-refractivity contribution < 1.29 is 14.3 Å². The molecule has 1 N–H and O–H groups in total. The Morgan fingerprint density at radius 2 is 2.08 bits per heavy atom. The lowest BCUT2D eigenvalue weighted by molar-refractivity contribution is -0.150. The van der Waals surface area contributed by atoms with Crippen LogP contribution in [0.3, 0.4) is 0 Å². The first kappa shape index (κ1) is 19.5. The molecule has 0 unspecified atom stereocenters. The summed E-state index contributed by atoms with van der Waals surface area (Å²) in [6.45, 7) is 2.12. The molecule has 1 aromatic rings. The normalized spacial score (nSPS) is 15.0. The summed E-state index contributed by atoms with van der Waals surface area (Å²) in [5.41, 5.74) is 2.73. The molecule has 0 spiro atoms. The SMILES string of the molecule is C[C@@H](OC(=O)/C=C/c1ccc(C#N)cc1)C(=O)NCCC1=CCCCC1. The Balaban J connectivity index is 1.72. The monoisotopic (exact) mass is 352 g/mol. The fourth-order valence-electron chi connectivity index (χ4n) is 2.72. The van der Waals surface area contributed by atoms with Gasteiger partial charge >= 0.3 is 5.97 Å². The van der Waals surface area contributed by atoms with Gasteiger partial charge in [-0.1, -0.05) is 23.8 Å². The van der Waals surface area contributed by atoms with Gasteiger partial charge in [-0.05, 0) is 62.8 Å². The van der Waals surface area contributed by atoms with E-state index in [9.17, 15) is 9.59 Å². The predicted octanol–water partition coefficient (Wildman–Crippen LogP) is 3.51. The van der Waals surface area contributed by atoms with Crippen molar-refractivity contribution in [1.29, 1.82) is 5.26 Å². The van der Waals surface area contributed by atoms with E-state index < -0.39 is 12.1 Å². The molecule has 1 aliphatic rings. The van der Waals surface area contributed by atoms with Crippen molar-refractivity contribution in [2.45, 2.75) is 45.1 Å². The lowest BCUT2D eigenvalue weighted by atomic mass is 9.97. The molecule has 0 heterocycles. The van der Waals surface area contributed by atoms with Crippen molar-refractivity contribution in [3.8, 4) is 6.07 Å². The molecule has 0 aromatic heterocycles. The molecular formula is C21H24N2O3. The van der Waals surface area contributed by atoms with Crippen LogP contribution in [0.25, 0.3) is 6.08 Å². The highest BCUT2D eigenvalue weighted by atomic mass is 16.5. The van der Waals surface area contributed by atoms with E-state index in [1.807, 2.05) is 6.07 Å². The molecule has 0 aliphatic heterocycles. The van der Waals surface area contributed by atoms with Gasteiger partial charge in [-0.2, -0.15) is 5.26 Å². The minimum atomic E-state index is -0.839. The average molecular weight is 352 g/mol. The van der Waals surface area contributed by atoms with Crippen molar-refractivity contribution in [3.63, 3.8) is 0 Å². The first-order chi connectivity index (χ1) is 12.6. The van der Waals surface area contributed by atoms with Gasteiger partial charge < -0.3 is 10.1 Å². The van der Waals surface area contributed by atoms with Crippen LogP contribution < -0.4 is 5.32 Å². The molecule has 5 heteroatoms. The average Bonchev–Trinajstić information content (AvgIpc) is 2.67. The Bertz CT molecular complexity index is 727. The van der Waals surface area contributed by atoms with E-state index in [0.717, 1.165) is 24.8 Å². The van der Waals surface area contributed by atoms with E-state index in [1.165, 1.54) is 24.5 Å². The molecule has 0 fully saturated rings. The van der Waals surface area contributed by atoms with Gasteiger partial charge in [-0.3, -0.25) is 4.79 Å². The van der Waals surface area contributed by atoms with Gasteiger partial charge in [-0.15, -0.1) is 0 Å². The molecule has 0 saturated heterocycles. The smallest absolute Gasteiger partial charge is 0.331 e. The van der Waals surface area contributed by atoms with E-state index >= 15 is 0 Å². The van der Waals surface area contributed by atoms with Crippen LogP contribution in [-0.2, 0) is 14.3 Å². The van der Waals surface area contributed by atoms with Gasteiger partial charge in [0.15, 0.2) is 6.10 Å². The van der Waals surface area contributed by atoms with Crippen molar-refractivity contribution >= 4 is 18.0 Å². The Kier molecular flexibility index (Phi) is 7.63. The van der Waals surface area contributed by atoms with Gasteiger partial charge in [0.25, 0.3) is 5.91 Å². The highest BCUT2D eigenvalue weighted by Gasteiger charge is 2.16. The Hall–Kier alpha value is -2.87. The number of benzene rings is 1. The van der Waals surface area contributed by atoms with Crippen molar-refractivity contribution in [2.75, 3.05) is 6.54 Å². The maximum Gasteiger partial charge on any atom is 0.331 e. The fraction of sp³-hybridized carbons (Fsp3) is 0.381. The summed E-state index contributed by atoms with van der Waals surface area (Å²) in [6, 6.07) is 8.84. The summed E-state index contributed by atoms with van der Waals surface area (Å²) in [5, 5.41) is 11.6. The van der Waals surface area contributed by atoms with Crippen LogP contribution in [0, 0.1) is 11.3 Å². The second-order valence-corrected chi connectivity index (χ2v) is 6.30. The lowest BCUT2D eigenvalue weighted by Crippen LogP contribution is -2.36. The van der Waals surface area contributed by atoms with Gasteiger partial charge in [0.1, 0.15) is 0 Å². The van der Waals surface area contributed by atoms with Crippen LogP contribution in [0.15, 0.2) is 42.0 Å². The maximum atomic E-state index is 12.0. The molecule has 1 aliphatic carbocycles. The number of hydrogen-bond donors (Lipinski definition) is 1. The number of ether oxygens (including phenoxy) is 1. The molecule has 0 bridgehead atoms. The molecule has 0 radical (unpaired) electrons. The van der Waals surface area contributed by atoms with Crippen LogP contribution >= 0.6 is 0 Å². The first-order valence-corrected chi connectivity index (χ1v) is 8.93. The zero-order valence-electron chi connectivity index (χ0n) is 15.0. The van der Waals surface area contributed by atoms with Gasteiger partial charge in [0.05, 0.1) is 11.6 Å². The second kappa shape index (κ2) is 10.2.